The third kappa shape index (κ3) is 3.61. The molecule has 0 atom stereocenters. The van der Waals surface area contributed by atoms with E-state index in [2.05, 4.69) is 15.8 Å². The van der Waals surface area contributed by atoms with Gasteiger partial charge in [0.1, 0.15) is 11.4 Å². The van der Waals surface area contributed by atoms with Crippen LogP contribution in [0, 0.1) is 0 Å². The summed E-state index contributed by atoms with van der Waals surface area (Å²) >= 11 is 0. The number of nitrogens with one attached hydrogen (secondary N) is 3. The summed E-state index contributed by atoms with van der Waals surface area (Å²) < 4.78 is 5.08. The van der Waals surface area contributed by atoms with Crippen LogP contribution in [0.3, 0.4) is 0 Å². The van der Waals surface area contributed by atoms with Crippen molar-refractivity contribution in [2.75, 3.05) is 7.11 Å². The van der Waals surface area contributed by atoms with Gasteiger partial charge >= 0.3 is 0 Å². The minimum absolute atomic E-state index is 0.155. The number of hydrazine groups is 1. The van der Waals surface area contributed by atoms with Gasteiger partial charge in [0.05, 0.1) is 13.5 Å². The summed E-state index contributed by atoms with van der Waals surface area (Å²) in [6.45, 7) is 0. The van der Waals surface area contributed by atoms with Crippen molar-refractivity contribution in [1.29, 1.82) is 0 Å². The second-order valence-corrected chi connectivity index (χ2v) is 4.11. The summed E-state index contributed by atoms with van der Waals surface area (Å²) in [7, 11) is 1.57. The molecule has 2 rings (SSSR count). The first-order valence-corrected chi connectivity index (χ1v) is 6.04. The molecule has 0 spiro atoms. The van der Waals surface area contributed by atoms with Gasteiger partial charge in [-0.1, -0.05) is 12.1 Å². The number of hydrogen-bond donors (Lipinski definition) is 3. The molecule has 1 heterocycles. The number of H-pyrrole nitrogens is 1. The number of ether oxygens (including phenoxy) is 1. The average Bonchev–Trinajstić information content (AvgIpc) is 2.99. The first kappa shape index (κ1) is 13.7. The Kier molecular flexibility index (Phi) is 4.39. The van der Waals surface area contributed by atoms with Crippen molar-refractivity contribution in [2.45, 2.75) is 6.42 Å². The van der Waals surface area contributed by atoms with Crippen molar-refractivity contribution < 1.29 is 14.3 Å². The van der Waals surface area contributed by atoms with Gasteiger partial charge in [-0.25, -0.2) is 0 Å². The highest BCUT2D eigenvalue weighted by Crippen LogP contribution is 2.12. The first-order valence-electron chi connectivity index (χ1n) is 6.04. The van der Waals surface area contributed by atoms with Gasteiger partial charge < -0.3 is 9.72 Å². The molecule has 104 valence electrons. The van der Waals surface area contributed by atoms with Gasteiger partial charge in [-0.2, -0.15) is 0 Å². The summed E-state index contributed by atoms with van der Waals surface area (Å²) in [5.74, 6) is -0.0159. The first-order chi connectivity index (χ1) is 9.69. The van der Waals surface area contributed by atoms with Crippen LogP contribution in [0.1, 0.15) is 16.1 Å². The van der Waals surface area contributed by atoms with Gasteiger partial charge in [0.25, 0.3) is 5.91 Å². The second-order valence-electron chi connectivity index (χ2n) is 4.11. The number of benzene rings is 1. The molecule has 20 heavy (non-hydrogen) atoms. The minimum Gasteiger partial charge on any atom is -0.497 e. The number of aromatic nitrogens is 1. The highest BCUT2D eigenvalue weighted by molar-refractivity contribution is 5.93. The van der Waals surface area contributed by atoms with Gasteiger partial charge in [-0.15, -0.1) is 0 Å². The molecule has 6 heteroatoms. The molecule has 0 radical (unpaired) electrons. The van der Waals surface area contributed by atoms with Crippen molar-refractivity contribution in [1.82, 2.24) is 15.8 Å². The van der Waals surface area contributed by atoms with Gasteiger partial charge in [0.15, 0.2) is 0 Å². The van der Waals surface area contributed by atoms with Gasteiger partial charge in [0.2, 0.25) is 5.91 Å². The number of carbonyl (C=O) groups excluding carboxylic acids is 2. The summed E-state index contributed by atoms with van der Waals surface area (Å²) in [6.07, 6.45) is 1.79. The highest BCUT2D eigenvalue weighted by Gasteiger charge is 2.08. The van der Waals surface area contributed by atoms with Crippen molar-refractivity contribution in [2.24, 2.45) is 0 Å². The van der Waals surface area contributed by atoms with E-state index in [1.54, 1.807) is 43.6 Å². The zero-order chi connectivity index (χ0) is 14.4. The van der Waals surface area contributed by atoms with E-state index < -0.39 is 5.91 Å². The summed E-state index contributed by atoms with van der Waals surface area (Å²) in [5, 5.41) is 0. The quantitative estimate of drug-likeness (QED) is 0.727. The summed E-state index contributed by atoms with van der Waals surface area (Å²) in [6, 6.07) is 10.5. The van der Waals surface area contributed by atoms with Gasteiger partial charge in [-0.3, -0.25) is 20.4 Å². The highest BCUT2D eigenvalue weighted by atomic mass is 16.5. The molecular weight excluding hydrogens is 258 g/mol. The van der Waals surface area contributed by atoms with Gasteiger partial charge in [0, 0.05) is 6.20 Å². The third-order valence-corrected chi connectivity index (χ3v) is 2.66. The van der Waals surface area contributed by atoms with Crippen molar-refractivity contribution in [3.8, 4) is 5.75 Å². The molecular formula is C14H15N3O3. The number of aromatic amines is 1. The molecule has 2 aromatic rings. The molecule has 0 aliphatic heterocycles. The predicted molar refractivity (Wildman–Crippen MR) is 73.1 cm³/mol. The van der Waals surface area contributed by atoms with Crippen molar-refractivity contribution in [3.63, 3.8) is 0 Å². The Bertz CT molecular complexity index is 593. The monoisotopic (exact) mass is 273 g/mol. The summed E-state index contributed by atoms with van der Waals surface area (Å²) in [4.78, 5) is 26.0. The maximum atomic E-state index is 11.7. The van der Waals surface area contributed by atoms with Crippen LogP contribution in [0.5, 0.6) is 5.75 Å². The molecule has 0 saturated carbocycles. The molecule has 0 aliphatic carbocycles. The number of rotatable bonds is 4. The van der Waals surface area contributed by atoms with E-state index in [4.69, 9.17) is 4.74 Å². The zero-order valence-corrected chi connectivity index (χ0v) is 11.0. The number of hydrogen-bond acceptors (Lipinski definition) is 3. The number of methoxy groups -OCH3 is 1. The third-order valence-electron chi connectivity index (χ3n) is 2.66. The molecule has 3 N–H and O–H groups in total. The van der Waals surface area contributed by atoms with E-state index in [9.17, 15) is 9.59 Å². The van der Waals surface area contributed by atoms with E-state index in [0.717, 1.165) is 5.56 Å². The van der Waals surface area contributed by atoms with E-state index in [1.807, 2.05) is 6.07 Å². The van der Waals surface area contributed by atoms with E-state index >= 15 is 0 Å². The van der Waals surface area contributed by atoms with Crippen LogP contribution in [0.2, 0.25) is 0 Å². The zero-order valence-electron chi connectivity index (χ0n) is 11.0. The maximum Gasteiger partial charge on any atom is 0.286 e. The summed E-state index contributed by atoms with van der Waals surface area (Å²) in [5.41, 5.74) is 5.87. The molecule has 1 aromatic heterocycles. The average molecular weight is 273 g/mol. The Morgan fingerprint density at radius 1 is 1.20 bits per heavy atom. The Morgan fingerprint density at radius 3 is 2.75 bits per heavy atom. The maximum absolute atomic E-state index is 11.7. The fourth-order valence-electron chi connectivity index (χ4n) is 1.68. The SMILES string of the molecule is COc1cccc(CC(=O)NNC(=O)c2ccc[nH]2)c1. The largest absolute Gasteiger partial charge is 0.497 e. The fraction of sp³-hybridized carbons (Fsp3) is 0.143. The van der Waals surface area contributed by atoms with Crippen LogP contribution >= 0.6 is 0 Å². The van der Waals surface area contributed by atoms with Crippen molar-refractivity contribution >= 4 is 11.8 Å². The molecule has 0 aliphatic rings. The van der Waals surface area contributed by atoms with Crippen LogP contribution in [-0.2, 0) is 11.2 Å². The van der Waals surface area contributed by atoms with E-state index in [-0.39, 0.29) is 12.3 Å². The Morgan fingerprint density at radius 2 is 2.05 bits per heavy atom. The lowest BCUT2D eigenvalue weighted by molar-refractivity contribution is -0.121. The number of amides is 2. The van der Waals surface area contributed by atoms with Crippen LogP contribution in [0.25, 0.3) is 0 Å². The standard InChI is InChI=1S/C14H15N3O3/c1-20-11-5-2-4-10(8-11)9-13(18)16-17-14(19)12-6-3-7-15-12/h2-8,15H,9H2,1H3,(H,16,18)(H,17,19). The van der Waals surface area contributed by atoms with Crippen LogP contribution in [-0.4, -0.2) is 23.9 Å². The van der Waals surface area contributed by atoms with E-state index in [0.29, 0.717) is 11.4 Å². The van der Waals surface area contributed by atoms with Gasteiger partial charge in [-0.05, 0) is 29.8 Å². The lowest BCUT2D eigenvalue weighted by Gasteiger charge is -2.07. The molecule has 0 bridgehead atoms. The fourth-order valence-corrected chi connectivity index (χ4v) is 1.68. The molecule has 6 nitrogen and oxygen atoms in total. The molecule has 0 fully saturated rings. The Labute approximate surface area is 116 Å². The van der Waals surface area contributed by atoms with Crippen LogP contribution < -0.4 is 15.6 Å². The number of carbonyl (C=O) groups is 2. The van der Waals surface area contributed by atoms with E-state index in [1.165, 1.54) is 0 Å². The Balaban J connectivity index is 1.85. The van der Waals surface area contributed by atoms with Crippen molar-refractivity contribution in [3.05, 3.63) is 53.9 Å². The van der Waals surface area contributed by atoms with Crippen LogP contribution in [0.4, 0.5) is 0 Å². The molecule has 0 unspecified atom stereocenters. The topological polar surface area (TPSA) is 83.2 Å². The van der Waals surface area contributed by atoms with Crippen LogP contribution in [0.15, 0.2) is 42.6 Å². The smallest absolute Gasteiger partial charge is 0.286 e. The molecule has 0 saturated heterocycles. The molecule has 2 amide bonds. The minimum atomic E-state index is -0.394. The lowest BCUT2D eigenvalue weighted by Crippen LogP contribution is -2.42. The lowest BCUT2D eigenvalue weighted by atomic mass is 10.1. The molecule has 1 aromatic carbocycles. The predicted octanol–water partition coefficient (Wildman–Crippen LogP) is 1.03. The Hall–Kier alpha value is -2.76. The second kappa shape index (κ2) is 6.42. The normalized spacial score (nSPS) is 9.85.